The fourth-order valence-electron chi connectivity index (χ4n) is 2.00. The van der Waals surface area contributed by atoms with Gasteiger partial charge in [-0.05, 0) is 43.2 Å². The summed E-state index contributed by atoms with van der Waals surface area (Å²) in [6, 6.07) is 14.6. The molecule has 0 aromatic heterocycles. The zero-order chi connectivity index (χ0) is 15.9. The van der Waals surface area contributed by atoms with Crippen molar-refractivity contribution < 1.29 is 9.59 Å². The quantitative estimate of drug-likeness (QED) is 0.791. The van der Waals surface area contributed by atoms with E-state index in [1.54, 1.807) is 24.3 Å². The Morgan fingerprint density at radius 2 is 1.86 bits per heavy atom. The molecule has 0 saturated carbocycles. The first-order chi connectivity index (χ1) is 10.5. The number of amides is 2. The molecular formula is C17H17BrN2O2. The molecular weight excluding hydrogens is 344 g/mol. The van der Waals surface area contributed by atoms with E-state index in [-0.39, 0.29) is 11.8 Å². The Labute approximate surface area is 138 Å². The number of nitrogens with one attached hydrogen (secondary N) is 2. The van der Waals surface area contributed by atoms with Gasteiger partial charge in [0, 0.05) is 22.3 Å². The minimum atomic E-state index is -0.282. The maximum absolute atomic E-state index is 11.8. The molecule has 0 aliphatic rings. The summed E-state index contributed by atoms with van der Waals surface area (Å²) in [6.45, 7) is 2.03. The number of carbonyl (C=O) groups is 2. The van der Waals surface area contributed by atoms with Crippen LogP contribution in [0.25, 0.3) is 0 Å². The minimum Gasteiger partial charge on any atom is -0.338 e. The third-order valence-corrected chi connectivity index (χ3v) is 3.61. The van der Waals surface area contributed by atoms with E-state index < -0.39 is 0 Å². The highest BCUT2D eigenvalue weighted by atomic mass is 79.9. The molecule has 2 aromatic carbocycles. The van der Waals surface area contributed by atoms with Crippen LogP contribution in [0.1, 0.15) is 22.8 Å². The maximum Gasteiger partial charge on any atom is 0.319 e. The van der Waals surface area contributed by atoms with Gasteiger partial charge in [-0.25, -0.2) is 4.79 Å². The second-order valence-electron chi connectivity index (χ2n) is 4.90. The van der Waals surface area contributed by atoms with E-state index in [9.17, 15) is 9.59 Å². The SMILES string of the molecule is CC(=O)c1cccc(NC(=O)NCCc2cccc(Br)c2)c1. The summed E-state index contributed by atoms with van der Waals surface area (Å²) in [7, 11) is 0. The zero-order valence-electron chi connectivity index (χ0n) is 12.2. The summed E-state index contributed by atoms with van der Waals surface area (Å²) in [6.07, 6.45) is 0.750. The number of Topliss-reactive ketones (excluding diaryl/α,β-unsaturated/α-hetero) is 1. The van der Waals surface area contributed by atoms with Gasteiger partial charge in [0.25, 0.3) is 0 Å². The lowest BCUT2D eigenvalue weighted by Gasteiger charge is -2.08. The largest absolute Gasteiger partial charge is 0.338 e. The van der Waals surface area contributed by atoms with Gasteiger partial charge < -0.3 is 10.6 Å². The van der Waals surface area contributed by atoms with Crippen LogP contribution in [0.2, 0.25) is 0 Å². The van der Waals surface area contributed by atoms with Crippen LogP contribution in [0.3, 0.4) is 0 Å². The standard InChI is InChI=1S/C17H17BrN2O2/c1-12(21)14-5-3-7-16(11-14)20-17(22)19-9-8-13-4-2-6-15(18)10-13/h2-7,10-11H,8-9H2,1H3,(H2,19,20,22). The average Bonchev–Trinajstić information content (AvgIpc) is 2.47. The fraction of sp³-hybridized carbons (Fsp3) is 0.176. The fourth-order valence-corrected chi connectivity index (χ4v) is 2.45. The van der Waals surface area contributed by atoms with Crippen molar-refractivity contribution in [1.82, 2.24) is 5.32 Å². The van der Waals surface area contributed by atoms with Crippen molar-refractivity contribution in [2.24, 2.45) is 0 Å². The normalized spacial score (nSPS) is 10.1. The number of ketones is 1. The molecule has 2 amide bonds. The summed E-state index contributed by atoms with van der Waals surface area (Å²) in [5.41, 5.74) is 2.33. The number of anilines is 1. The summed E-state index contributed by atoms with van der Waals surface area (Å²) < 4.78 is 1.02. The van der Waals surface area contributed by atoms with Crippen LogP contribution in [0.5, 0.6) is 0 Å². The molecule has 0 spiro atoms. The van der Waals surface area contributed by atoms with E-state index in [2.05, 4.69) is 26.6 Å². The molecule has 5 heteroatoms. The molecule has 0 aliphatic carbocycles. The molecule has 0 saturated heterocycles. The van der Waals surface area contributed by atoms with E-state index in [1.807, 2.05) is 24.3 Å². The van der Waals surface area contributed by atoms with Crippen LogP contribution in [0.15, 0.2) is 53.0 Å². The van der Waals surface area contributed by atoms with Crippen molar-refractivity contribution in [3.63, 3.8) is 0 Å². The van der Waals surface area contributed by atoms with Gasteiger partial charge in [0.2, 0.25) is 0 Å². The highest BCUT2D eigenvalue weighted by Crippen LogP contribution is 2.12. The van der Waals surface area contributed by atoms with Crippen LogP contribution >= 0.6 is 15.9 Å². The van der Waals surface area contributed by atoms with E-state index in [0.29, 0.717) is 17.8 Å². The van der Waals surface area contributed by atoms with Gasteiger partial charge in [0.15, 0.2) is 5.78 Å². The Morgan fingerprint density at radius 3 is 2.59 bits per heavy atom. The molecule has 0 heterocycles. The lowest BCUT2D eigenvalue weighted by atomic mass is 10.1. The average molecular weight is 361 g/mol. The van der Waals surface area contributed by atoms with Gasteiger partial charge in [-0.3, -0.25) is 4.79 Å². The molecule has 0 atom stereocenters. The van der Waals surface area contributed by atoms with E-state index in [1.165, 1.54) is 6.92 Å². The summed E-state index contributed by atoms with van der Waals surface area (Å²) >= 11 is 3.42. The van der Waals surface area contributed by atoms with Crippen molar-refractivity contribution >= 4 is 33.4 Å². The predicted molar refractivity (Wildman–Crippen MR) is 91.3 cm³/mol. The molecule has 0 fully saturated rings. The molecule has 2 N–H and O–H groups in total. The van der Waals surface area contributed by atoms with Crippen LogP contribution in [0, 0.1) is 0 Å². The Hall–Kier alpha value is -2.14. The molecule has 2 aromatic rings. The Morgan fingerprint density at radius 1 is 1.09 bits per heavy atom. The number of carbonyl (C=O) groups excluding carboxylic acids is 2. The van der Waals surface area contributed by atoms with Gasteiger partial charge in [-0.1, -0.05) is 40.2 Å². The van der Waals surface area contributed by atoms with Crippen molar-refractivity contribution in [2.75, 3.05) is 11.9 Å². The summed E-state index contributed by atoms with van der Waals surface area (Å²) in [5, 5.41) is 5.52. The molecule has 0 aliphatic heterocycles. The van der Waals surface area contributed by atoms with Gasteiger partial charge in [-0.2, -0.15) is 0 Å². The van der Waals surface area contributed by atoms with Gasteiger partial charge in [0.05, 0.1) is 0 Å². The Balaban J connectivity index is 1.83. The zero-order valence-corrected chi connectivity index (χ0v) is 13.8. The first-order valence-corrected chi connectivity index (χ1v) is 7.74. The Bertz CT molecular complexity index is 686. The molecule has 114 valence electrons. The van der Waals surface area contributed by atoms with Gasteiger partial charge in [0.1, 0.15) is 0 Å². The van der Waals surface area contributed by atoms with Crippen LogP contribution in [-0.2, 0) is 6.42 Å². The van der Waals surface area contributed by atoms with Gasteiger partial charge in [-0.15, -0.1) is 0 Å². The molecule has 0 unspecified atom stereocenters. The number of rotatable bonds is 5. The van der Waals surface area contributed by atoms with E-state index >= 15 is 0 Å². The smallest absolute Gasteiger partial charge is 0.319 e. The molecule has 0 radical (unpaired) electrons. The van der Waals surface area contributed by atoms with Gasteiger partial charge >= 0.3 is 6.03 Å². The maximum atomic E-state index is 11.8. The second kappa shape index (κ2) is 7.75. The third-order valence-electron chi connectivity index (χ3n) is 3.12. The van der Waals surface area contributed by atoms with Crippen LogP contribution in [0.4, 0.5) is 10.5 Å². The first kappa shape index (κ1) is 16.2. The lowest BCUT2D eigenvalue weighted by molar-refractivity contribution is 0.101. The highest BCUT2D eigenvalue weighted by molar-refractivity contribution is 9.10. The summed E-state index contributed by atoms with van der Waals surface area (Å²) in [4.78, 5) is 23.1. The summed E-state index contributed by atoms with van der Waals surface area (Å²) in [5.74, 6) is -0.0290. The number of benzene rings is 2. The monoisotopic (exact) mass is 360 g/mol. The second-order valence-corrected chi connectivity index (χ2v) is 5.81. The predicted octanol–water partition coefficient (Wildman–Crippen LogP) is 4.02. The van der Waals surface area contributed by atoms with E-state index in [0.717, 1.165) is 16.5 Å². The number of halogens is 1. The van der Waals surface area contributed by atoms with Crippen LogP contribution in [-0.4, -0.2) is 18.4 Å². The number of hydrogen-bond acceptors (Lipinski definition) is 2. The van der Waals surface area contributed by atoms with Crippen molar-refractivity contribution in [3.05, 3.63) is 64.1 Å². The molecule has 0 bridgehead atoms. The third kappa shape index (κ3) is 5.00. The number of hydrogen-bond donors (Lipinski definition) is 2. The molecule has 22 heavy (non-hydrogen) atoms. The minimum absolute atomic E-state index is 0.0290. The lowest BCUT2D eigenvalue weighted by Crippen LogP contribution is -2.30. The molecule has 2 rings (SSSR count). The van der Waals surface area contributed by atoms with Crippen molar-refractivity contribution in [2.45, 2.75) is 13.3 Å². The highest BCUT2D eigenvalue weighted by Gasteiger charge is 2.04. The number of urea groups is 1. The van der Waals surface area contributed by atoms with Crippen LogP contribution < -0.4 is 10.6 Å². The molecule has 4 nitrogen and oxygen atoms in total. The first-order valence-electron chi connectivity index (χ1n) is 6.95. The van der Waals surface area contributed by atoms with Crippen molar-refractivity contribution in [1.29, 1.82) is 0 Å². The Kier molecular flexibility index (Phi) is 5.72. The topological polar surface area (TPSA) is 58.2 Å². The van der Waals surface area contributed by atoms with Crippen molar-refractivity contribution in [3.8, 4) is 0 Å². The van der Waals surface area contributed by atoms with E-state index in [4.69, 9.17) is 0 Å².